The summed E-state index contributed by atoms with van der Waals surface area (Å²) in [6, 6.07) is 0. The van der Waals surface area contributed by atoms with Gasteiger partial charge in [0.25, 0.3) is 0 Å². The molecule has 0 rings (SSSR count). The minimum atomic E-state index is -4.34. The fourth-order valence-electron chi connectivity index (χ4n) is 6.43. The van der Waals surface area contributed by atoms with E-state index in [2.05, 4.69) is 31.3 Å². The average molecular weight is 788 g/mol. The first-order chi connectivity index (χ1) is 26.3. The highest BCUT2D eigenvalue weighted by atomic mass is 31.2. The van der Waals surface area contributed by atoms with Gasteiger partial charge in [0.1, 0.15) is 6.61 Å². The van der Waals surface area contributed by atoms with Crippen LogP contribution in [0.1, 0.15) is 219 Å². The van der Waals surface area contributed by atoms with Crippen molar-refractivity contribution >= 4 is 19.8 Å². The first-order valence-electron chi connectivity index (χ1n) is 22.6. The minimum absolute atomic E-state index is 0.0136. The highest BCUT2D eigenvalue weighted by Gasteiger charge is 2.26. The number of carbonyl (C=O) groups excluding carboxylic acids is 2. The Morgan fingerprint density at radius 3 is 1.37 bits per heavy atom. The number of likely N-dealkylation sites (N-methyl/N-ethyl adjacent to an activating group) is 1. The zero-order valence-electron chi connectivity index (χ0n) is 35.4. The van der Waals surface area contributed by atoms with Crippen LogP contribution < -0.4 is 5.32 Å². The third-order valence-electron chi connectivity index (χ3n) is 9.89. The first-order valence-corrected chi connectivity index (χ1v) is 24.1. The van der Waals surface area contributed by atoms with Gasteiger partial charge in [0.2, 0.25) is 0 Å². The Labute approximate surface area is 332 Å². The Kier molecular flexibility index (Phi) is 40.4. The number of hydrogen-bond acceptors (Lipinski definition) is 8. The van der Waals surface area contributed by atoms with Crippen LogP contribution in [0.2, 0.25) is 0 Å². The molecule has 9 nitrogen and oxygen atoms in total. The number of esters is 2. The summed E-state index contributed by atoms with van der Waals surface area (Å²) in [5.41, 5.74) is 0. The second-order valence-electron chi connectivity index (χ2n) is 15.2. The van der Waals surface area contributed by atoms with Crippen molar-refractivity contribution in [3.63, 3.8) is 0 Å². The molecule has 2 unspecified atom stereocenters. The lowest BCUT2D eigenvalue weighted by Crippen LogP contribution is -2.29. The zero-order chi connectivity index (χ0) is 39.6. The summed E-state index contributed by atoms with van der Waals surface area (Å²) >= 11 is 0. The molecule has 320 valence electrons. The minimum Gasteiger partial charge on any atom is -0.462 e. The molecule has 0 aromatic heterocycles. The van der Waals surface area contributed by atoms with Gasteiger partial charge in [-0.2, -0.15) is 0 Å². The van der Waals surface area contributed by atoms with Crippen LogP contribution in [-0.4, -0.2) is 56.3 Å². The largest absolute Gasteiger partial charge is 0.472 e. The molecule has 54 heavy (non-hydrogen) atoms. The van der Waals surface area contributed by atoms with Gasteiger partial charge in [0, 0.05) is 19.4 Å². The van der Waals surface area contributed by atoms with E-state index < -0.39 is 26.5 Å². The Morgan fingerprint density at radius 2 is 0.944 bits per heavy atom. The number of phosphoric ester groups is 1. The number of nitrogens with one attached hydrogen (secondary N) is 1. The molecule has 2 atom stereocenters. The summed E-state index contributed by atoms with van der Waals surface area (Å²) in [7, 11) is -2.64. The normalized spacial score (nSPS) is 13.3. The van der Waals surface area contributed by atoms with E-state index in [1.807, 2.05) is 0 Å². The number of phosphoric acid groups is 1. The maximum Gasteiger partial charge on any atom is 0.472 e. The van der Waals surface area contributed by atoms with E-state index in [0.29, 0.717) is 19.4 Å². The van der Waals surface area contributed by atoms with Gasteiger partial charge in [-0.25, -0.2) is 4.57 Å². The van der Waals surface area contributed by atoms with Crippen molar-refractivity contribution in [2.24, 2.45) is 0 Å². The van der Waals surface area contributed by atoms with E-state index >= 15 is 0 Å². The van der Waals surface area contributed by atoms with Gasteiger partial charge in [-0.1, -0.05) is 180 Å². The number of rotatable bonds is 43. The van der Waals surface area contributed by atoms with Crippen molar-refractivity contribution in [3.8, 4) is 0 Å². The van der Waals surface area contributed by atoms with E-state index in [1.54, 1.807) is 7.05 Å². The lowest BCUT2D eigenvalue weighted by atomic mass is 10.0. The van der Waals surface area contributed by atoms with Gasteiger partial charge < -0.3 is 19.7 Å². The lowest BCUT2D eigenvalue weighted by molar-refractivity contribution is -0.161. The fourth-order valence-corrected chi connectivity index (χ4v) is 7.18. The standard InChI is InChI=1S/C44H86NO8P/c1-4-6-8-10-12-14-16-17-18-19-20-21-22-23-24-25-27-28-30-32-34-36-43(46)50-40-42(41-52-54(48,49)51-39-38-45-3)53-44(47)37-35-33-31-29-26-15-13-11-9-7-5-2/h17-18,42,45H,4-16,19-41H2,1-3H3,(H,48,49)/b18-17-. The second-order valence-corrected chi connectivity index (χ2v) is 16.7. The van der Waals surface area contributed by atoms with Crippen LogP contribution >= 0.6 is 7.82 Å². The molecule has 0 amide bonds. The number of hydrogen-bond donors (Lipinski definition) is 2. The Hall–Kier alpha value is -1.25. The molecule has 0 aromatic carbocycles. The molecule has 0 aliphatic rings. The van der Waals surface area contributed by atoms with Gasteiger partial charge in [-0.3, -0.25) is 18.6 Å². The number of unbranched alkanes of at least 4 members (excludes halogenated alkanes) is 27. The first kappa shape index (κ1) is 52.8. The zero-order valence-corrected chi connectivity index (χ0v) is 36.3. The average Bonchev–Trinajstić information content (AvgIpc) is 3.15. The van der Waals surface area contributed by atoms with Gasteiger partial charge >= 0.3 is 19.8 Å². The van der Waals surface area contributed by atoms with Gasteiger partial charge in [-0.15, -0.1) is 0 Å². The maximum atomic E-state index is 12.6. The molecule has 0 heterocycles. The molecule has 0 fully saturated rings. The van der Waals surface area contributed by atoms with Crippen molar-refractivity contribution in [3.05, 3.63) is 12.2 Å². The highest BCUT2D eigenvalue weighted by molar-refractivity contribution is 7.47. The number of carbonyl (C=O) groups is 2. The maximum absolute atomic E-state index is 12.6. The molecule has 0 aliphatic carbocycles. The lowest BCUT2D eigenvalue weighted by Gasteiger charge is -2.20. The second kappa shape index (κ2) is 41.4. The van der Waals surface area contributed by atoms with Crippen molar-refractivity contribution in [2.45, 2.75) is 225 Å². The van der Waals surface area contributed by atoms with Crippen LogP contribution in [0, 0.1) is 0 Å². The molecule has 0 bridgehead atoms. The fraction of sp³-hybridized carbons (Fsp3) is 0.909. The molecule has 0 radical (unpaired) electrons. The van der Waals surface area contributed by atoms with Gasteiger partial charge in [0.05, 0.1) is 13.2 Å². The van der Waals surface area contributed by atoms with E-state index in [-0.39, 0.29) is 25.6 Å². The summed E-state index contributed by atoms with van der Waals surface area (Å²) in [5, 5.41) is 2.82. The van der Waals surface area contributed by atoms with E-state index in [4.69, 9.17) is 18.5 Å². The molecule has 0 saturated heterocycles. The third-order valence-corrected chi connectivity index (χ3v) is 10.9. The molecular formula is C44H86NO8P. The topological polar surface area (TPSA) is 120 Å². The summed E-state index contributed by atoms with van der Waals surface area (Å²) in [6.45, 7) is 4.24. The summed E-state index contributed by atoms with van der Waals surface area (Å²) < 4.78 is 33.2. The van der Waals surface area contributed by atoms with Crippen LogP contribution in [0.25, 0.3) is 0 Å². The van der Waals surface area contributed by atoms with Crippen molar-refractivity contribution in [1.29, 1.82) is 0 Å². The molecule has 0 aliphatic heterocycles. The monoisotopic (exact) mass is 788 g/mol. The van der Waals surface area contributed by atoms with Crippen molar-refractivity contribution in [2.75, 3.05) is 33.4 Å². The predicted octanol–water partition coefficient (Wildman–Crippen LogP) is 12.9. The molecule has 0 saturated carbocycles. The van der Waals surface area contributed by atoms with Gasteiger partial charge in [0.15, 0.2) is 6.10 Å². The quantitative estimate of drug-likeness (QED) is 0.0269. The number of allylic oxidation sites excluding steroid dienone is 2. The van der Waals surface area contributed by atoms with Crippen LogP contribution in [-0.2, 0) is 32.7 Å². The molecule has 2 N–H and O–H groups in total. The third kappa shape index (κ3) is 40.4. The molecule has 10 heteroatoms. The van der Waals surface area contributed by atoms with Crippen molar-refractivity contribution < 1.29 is 37.6 Å². The summed E-state index contributed by atoms with van der Waals surface area (Å²) in [5.74, 6) is -0.798. The number of ether oxygens (including phenoxy) is 2. The molecular weight excluding hydrogens is 701 g/mol. The Bertz CT molecular complexity index is 902. The van der Waals surface area contributed by atoms with Crippen LogP contribution in [0.3, 0.4) is 0 Å². The van der Waals surface area contributed by atoms with Crippen LogP contribution in [0.4, 0.5) is 0 Å². The van der Waals surface area contributed by atoms with Gasteiger partial charge in [-0.05, 0) is 45.6 Å². The van der Waals surface area contributed by atoms with Crippen molar-refractivity contribution in [1.82, 2.24) is 5.32 Å². The van der Waals surface area contributed by atoms with E-state index in [9.17, 15) is 19.0 Å². The Morgan fingerprint density at radius 1 is 0.556 bits per heavy atom. The summed E-state index contributed by atoms with van der Waals surface area (Å²) in [6.07, 6.45) is 41.2. The van der Waals surface area contributed by atoms with E-state index in [0.717, 1.165) is 32.1 Å². The highest BCUT2D eigenvalue weighted by Crippen LogP contribution is 2.43. The van der Waals surface area contributed by atoms with Crippen LogP contribution in [0.5, 0.6) is 0 Å². The molecule has 0 aromatic rings. The Balaban J connectivity index is 4.08. The van der Waals surface area contributed by atoms with E-state index in [1.165, 1.54) is 154 Å². The smallest absolute Gasteiger partial charge is 0.462 e. The summed E-state index contributed by atoms with van der Waals surface area (Å²) in [4.78, 5) is 35.0. The predicted molar refractivity (Wildman–Crippen MR) is 225 cm³/mol. The SMILES string of the molecule is CCCCCCCC/C=C\CCCCCCCCCCCCCC(=O)OCC(COP(=O)(O)OCCNC)OC(=O)CCCCCCCCCCCCC. The molecule has 0 spiro atoms. The van der Waals surface area contributed by atoms with Crippen LogP contribution in [0.15, 0.2) is 12.2 Å².